The Morgan fingerprint density at radius 2 is 2.27 bits per heavy atom. The fourth-order valence-electron chi connectivity index (χ4n) is 1.29. The molecule has 3 nitrogen and oxygen atoms in total. The fraction of sp³-hybridized carbons (Fsp3) is 0.300. The highest BCUT2D eigenvalue weighted by atomic mass is 79.9. The van der Waals surface area contributed by atoms with Crippen molar-refractivity contribution in [2.75, 3.05) is 13.7 Å². The van der Waals surface area contributed by atoms with Crippen molar-refractivity contribution in [3.05, 3.63) is 27.5 Å². The number of carbonyl (C=O) groups is 1. The summed E-state index contributed by atoms with van der Waals surface area (Å²) in [6, 6.07) is 1.56. The Kier molecular flexibility index (Phi) is 3.82. The number of benzene rings is 1. The number of halogens is 2. The summed E-state index contributed by atoms with van der Waals surface area (Å²) < 4.78 is 19.2. The Labute approximate surface area is 95.5 Å². The van der Waals surface area contributed by atoms with Crippen LogP contribution in [0.1, 0.15) is 15.9 Å². The van der Waals surface area contributed by atoms with Crippen molar-refractivity contribution in [3.63, 3.8) is 0 Å². The number of aryl methyl sites for hydroxylation is 1. The van der Waals surface area contributed by atoms with Crippen LogP contribution in [-0.2, 0) is 0 Å². The second-order valence-corrected chi connectivity index (χ2v) is 3.88. The summed E-state index contributed by atoms with van der Waals surface area (Å²) in [6.07, 6.45) is 0. The fourth-order valence-corrected chi connectivity index (χ4v) is 1.99. The molecular formula is C10H11BrFNO2. The molecule has 0 atom stereocenters. The van der Waals surface area contributed by atoms with Crippen molar-refractivity contribution in [3.8, 4) is 5.75 Å². The Bertz CT molecular complexity index is 407. The van der Waals surface area contributed by atoms with Gasteiger partial charge in [0.1, 0.15) is 11.6 Å². The van der Waals surface area contributed by atoms with Gasteiger partial charge in [-0.25, -0.2) is 4.39 Å². The van der Waals surface area contributed by atoms with Crippen molar-refractivity contribution in [2.24, 2.45) is 5.73 Å². The summed E-state index contributed by atoms with van der Waals surface area (Å²) in [4.78, 5) is 11.5. The number of hydrogen-bond acceptors (Lipinski definition) is 3. The molecular weight excluding hydrogens is 265 g/mol. The van der Waals surface area contributed by atoms with Gasteiger partial charge < -0.3 is 10.5 Å². The molecule has 0 aliphatic rings. The molecule has 0 bridgehead atoms. The van der Waals surface area contributed by atoms with Crippen LogP contribution in [0.3, 0.4) is 0 Å². The first-order chi connectivity index (χ1) is 7.02. The summed E-state index contributed by atoms with van der Waals surface area (Å²) in [7, 11) is 1.38. The molecule has 0 saturated carbocycles. The van der Waals surface area contributed by atoms with E-state index in [0.717, 1.165) is 0 Å². The van der Waals surface area contributed by atoms with E-state index in [9.17, 15) is 9.18 Å². The van der Waals surface area contributed by atoms with Crippen molar-refractivity contribution in [2.45, 2.75) is 6.92 Å². The van der Waals surface area contributed by atoms with Crippen LogP contribution in [0.5, 0.6) is 5.75 Å². The molecule has 0 aliphatic heterocycles. The van der Waals surface area contributed by atoms with Gasteiger partial charge >= 0.3 is 0 Å². The van der Waals surface area contributed by atoms with Crippen LogP contribution in [0.15, 0.2) is 10.5 Å². The zero-order valence-electron chi connectivity index (χ0n) is 8.43. The maximum absolute atomic E-state index is 13.7. The van der Waals surface area contributed by atoms with Crippen LogP contribution in [0.4, 0.5) is 4.39 Å². The molecule has 0 spiro atoms. The molecule has 0 aliphatic carbocycles. The molecule has 0 heterocycles. The summed E-state index contributed by atoms with van der Waals surface area (Å²) in [5, 5.41) is 0. The number of ether oxygens (including phenoxy) is 1. The van der Waals surface area contributed by atoms with Gasteiger partial charge in [-0.05, 0) is 34.5 Å². The average Bonchev–Trinajstić information content (AvgIpc) is 2.21. The zero-order chi connectivity index (χ0) is 11.6. The standard InChI is InChI=1S/C10H11BrFNO2/c1-5-3-6(11)10(15-2)8(9(5)12)7(14)4-13/h3H,4,13H2,1-2H3. The first-order valence-electron chi connectivity index (χ1n) is 4.28. The van der Waals surface area contributed by atoms with Gasteiger partial charge in [0.15, 0.2) is 5.78 Å². The summed E-state index contributed by atoms with van der Waals surface area (Å²) in [5.74, 6) is -0.868. The highest BCUT2D eigenvalue weighted by Crippen LogP contribution is 2.33. The summed E-state index contributed by atoms with van der Waals surface area (Å²) >= 11 is 3.21. The number of rotatable bonds is 3. The molecule has 0 unspecified atom stereocenters. The van der Waals surface area contributed by atoms with Crippen molar-refractivity contribution < 1.29 is 13.9 Å². The third kappa shape index (κ3) is 2.18. The van der Waals surface area contributed by atoms with Gasteiger partial charge in [-0.1, -0.05) is 0 Å². The number of Topliss-reactive ketones (excluding diaryl/α,β-unsaturated/α-hetero) is 1. The van der Waals surface area contributed by atoms with E-state index < -0.39 is 11.6 Å². The second kappa shape index (κ2) is 4.72. The monoisotopic (exact) mass is 275 g/mol. The molecule has 1 aromatic carbocycles. The van der Waals surface area contributed by atoms with Gasteiger partial charge in [0.05, 0.1) is 23.7 Å². The number of hydrogen-bond donors (Lipinski definition) is 1. The third-order valence-electron chi connectivity index (χ3n) is 2.02. The lowest BCUT2D eigenvalue weighted by Gasteiger charge is -2.11. The van der Waals surface area contributed by atoms with Crippen LogP contribution in [0, 0.1) is 12.7 Å². The van der Waals surface area contributed by atoms with E-state index >= 15 is 0 Å². The van der Waals surface area contributed by atoms with E-state index in [0.29, 0.717) is 10.0 Å². The summed E-state index contributed by atoms with van der Waals surface area (Å²) in [6.45, 7) is 1.33. The van der Waals surface area contributed by atoms with Gasteiger partial charge in [-0.2, -0.15) is 0 Å². The van der Waals surface area contributed by atoms with Crippen molar-refractivity contribution in [1.82, 2.24) is 0 Å². The Morgan fingerprint density at radius 3 is 2.73 bits per heavy atom. The van der Waals surface area contributed by atoms with Gasteiger partial charge in [0.2, 0.25) is 0 Å². The van der Waals surface area contributed by atoms with E-state index in [1.165, 1.54) is 7.11 Å². The van der Waals surface area contributed by atoms with Crippen molar-refractivity contribution in [1.29, 1.82) is 0 Å². The van der Waals surface area contributed by atoms with Gasteiger partial charge in [-0.3, -0.25) is 4.79 Å². The molecule has 0 fully saturated rings. The SMILES string of the molecule is COc1c(Br)cc(C)c(F)c1C(=O)CN. The predicted octanol–water partition coefficient (Wildman–Crippen LogP) is 2.05. The maximum Gasteiger partial charge on any atom is 0.183 e. The van der Waals surface area contributed by atoms with E-state index in [2.05, 4.69) is 15.9 Å². The minimum atomic E-state index is -0.578. The predicted molar refractivity (Wildman–Crippen MR) is 58.8 cm³/mol. The van der Waals surface area contributed by atoms with Crippen LogP contribution in [0.2, 0.25) is 0 Å². The molecule has 1 aromatic rings. The van der Waals surface area contributed by atoms with Gasteiger partial charge in [0, 0.05) is 0 Å². The topological polar surface area (TPSA) is 52.3 Å². The molecule has 0 aromatic heterocycles. The third-order valence-corrected chi connectivity index (χ3v) is 2.61. The highest BCUT2D eigenvalue weighted by molar-refractivity contribution is 9.10. The lowest BCUT2D eigenvalue weighted by molar-refractivity contribution is 0.0994. The minimum absolute atomic E-state index is 0.0909. The smallest absolute Gasteiger partial charge is 0.183 e. The van der Waals surface area contributed by atoms with E-state index in [1.807, 2.05) is 0 Å². The van der Waals surface area contributed by atoms with E-state index in [1.54, 1.807) is 13.0 Å². The van der Waals surface area contributed by atoms with E-state index in [-0.39, 0.29) is 17.9 Å². The Morgan fingerprint density at radius 1 is 1.67 bits per heavy atom. The van der Waals surface area contributed by atoms with Crippen molar-refractivity contribution >= 4 is 21.7 Å². The average molecular weight is 276 g/mol. The van der Waals surface area contributed by atoms with Crippen LogP contribution < -0.4 is 10.5 Å². The van der Waals surface area contributed by atoms with Gasteiger partial charge in [0.25, 0.3) is 0 Å². The lowest BCUT2D eigenvalue weighted by atomic mass is 10.1. The molecule has 82 valence electrons. The molecule has 0 amide bonds. The first kappa shape index (κ1) is 12.1. The number of ketones is 1. The molecule has 0 radical (unpaired) electrons. The van der Waals surface area contributed by atoms with Crippen LogP contribution >= 0.6 is 15.9 Å². The Hall–Kier alpha value is -0.940. The number of nitrogens with two attached hydrogens (primary N) is 1. The van der Waals surface area contributed by atoms with E-state index in [4.69, 9.17) is 10.5 Å². The molecule has 1 rings (SSSR count). The number of methoxy groups -OCH3 is 1. The molecule has 5 heteroatoms. The van der Waals surface area contributed by atoms with Crippen LogP contribution in [0.25, 0.3) is 0 Å². The maximum atomic E-state index is 13.7. The van der Waals surface area contributed by atoms with Crippen LogP contribution in [-0.4, -0.2) is 19.4 Å². The Balaban J connectivity index is 3.50. The highest BCUT2D eigenvalue weighted by Gasteiger charge is 2.21. The molecule has 2 N–H and O–H groups in total. The normalized spacial score (nSPS) is 10.2. The largest absolute Gasteiger partial charge is 0.495 e. The quantitative estimate of drug-likeness (QED) is 0.859. The number of carbonyl (C=O) groups excluding carboxylic acids is 1. The second-order valence-electron chi connectivity index (χ2n) is 3.02. The zero-order valence-corrected chi connectivity index (χ0v) is 10.0. The molecule has 0 saturated heterocycles. The summed E-state index contributed by atoms with van der Waals surface area (Å²) in [5.41, 5.74) is 5.49. The minimum Gasteiger partial charge on any atom is -0.495 e. The van der Waals surface area contributed by atoms with Gasteiger partial charge in [-0.15, -0.1) is 0 Å². The molecule has 15 heavy (non-hydrogen) atoms. The first-order valence-corrected chi connectivity index (χ1v) is 5.08. The lowest BCUT2D eigenvalue weighted by Crippen LogP contribution is -2.17.